The third-order valence-corrected chi connectivity index (χ3v) is 2.33. The van der Waals surface area contributed by atoms with Crippen LogP contribution in [-0.4, -0.2) is 30.2 Å². The Morgan fingerprint density at radius 1 is 1.79 bits per heavy atom. The van der Waals surface area contributed by atoms with Gasteiger partial charge >= 0.3 is 0 Å². The second kappa shape index (κ2) is 4.23. The van der Waals surface area contributed by atoms with Gasteiger partial charge in [0.25, 0.3) is 5.91 Å². The molecule has 1 aliphatic heterocycles. The summed E-state index contributed by atoms with van der Waals surface area (Å²) in [5, 5.41) is 9.56. The maximum absolute atomic E-state index is 11.4. The fourth-order valence-corrected chi connectivity index (χ4v) is 1.57. The van der Waals surface area contributed by atoms with Crippen LogP contribution < -0.4 is 10.6 Å². The van der Waals surface area contributed by atoms with E-state index in [1.165, 1.54) is 12.6 Å². The summed E-state index contributed by atoms with van der Waals surface area (Å²) in [7, 11) is 0. The van der Waals surface area contributed by atoms with Crippen molar-refractivity contribution in [1.29, 1.82) is 0 Å². The summed E-state index contributed by atoms with van der Waals surface area (Å²) < 4.78 is 4.73. The van der Waals surface area contributed by atoms with E-state index in [9.17, 15) is 4.79 Å². The van der Waals surface area contributed by atoms with Crippen LogP contribution >= 0.6 is 0 Å². The van der Waals surface area contributed by atoms with E-state index in [2.05, 4.69) is 15.8 Å². The molecule has 1 amide bonds. The fourth-order valence-electron chi connectivity index (χ4n) is 1.57. The van der Waals surface area contributed by atoms with Gasteiger partial charge < -0.3 is 15.2 Å². The Bertz CT molecular complexity index is 291. The van der Waals surface area contributed by atoms with E-state index in [1.54, 1.807) is 6.07 Å². The minimum absolute atomic E-state index is 0.198. The Morgan fingerprint density at radius 2 is 2.71 bits per heavy atom. The molecule has 1 saturated heterocycles. The predicted octanol–water partition coefficient (Wildman–Crippen LogP) is 0.156. The molecule has 5 heteroatoms. The van der Waals surface area contributed by atoms with E-state index < -0.39 is 0 Å². The highest BCUT2D eigenvalue weighted by molar-refractivity contribution is 5.91. The molecule has 76 valence electrons. The molecule has 2 rings (SSSR count). The molecule has 14 heavy (non-hydrogen) atoms. The molecular formula is C9H13N3O2. The molecule has 5 nitrogen and oxygen atoms in total. The molecule has 0 spiro atoms. The Morgan fingerprint density at radius 3 is 3.36 bits per heavy atom. The lowest BCUT2D eigenvalue weighted by molar-refractivity contribution is 0.0913. The van der Waals surface area contributed by atoms with Gasteiger partial charge in [-0.25, -0.2) is 0 Å². The van der Waals surface area contributed by atoms with Crippen LogP contribution in [0.2, 0.25) is 0 Å². The number of carbonyl (C=O) groups is 1. The molecule has 1 aromatic rings. The normalized spacial score (nSPS) is 21.0. The summed E-state index contributed by atoms with van der Waals surface area (Å²) >= 11 is 0. The van der Waals surface area contributed by atoms with Crippen LogP contribution in [-0.2, 0) is 0 Å². The number of hydrogen-bond donors (Lipinski definition) is 2. The summed E-state index contributed by atoms with van der Waals surface area (Å²) in [4.78, 5) is 11.4. The van der Waals surface area contributed by atoms with Gasteiger partial charge in [0.2, 0.25) is 5.76 Å². The minimum Gasteiger partial charge on any atom is -0.351 e. The van der Waals surface area contributed by atoms with Crippen molar-refractivity contribution in [2.75, 3.05) is 13.1 Å². The standard InChI is InChI=1S/C9H13N3O2/c13-9(8-3-5-12-14-8)11-6-7-2-1-4-10-7/h3,5,7,10H,1-2,4,6H2,(H,11,13). The fraction of sp³-hybridized carbons (Fsp3) is 0.556. The largest absolute Gasteiger partial charge is 0.351 e. The SMILES string of the molecule is O=C(NCC1CCCN1)c1ccno1. The molecule has 0 aromatic carbocycles. The molecule has 0 radical (unpaired) electrons. The molecule has 0 saturated carbocycles. The van der Waals surface area contributed by atoms with E-state index in [0.29, 0.717) is 12.6 Å². The van der Waals surface area contributed by atoms with E-state index in [0.717, 1.165) is 13.0 Å². The quantitative estimate of drug-likeness (QED) is 0.720. The number of rotatable bonds is 3. The Hall–Kier alpha value is -1.36. The van der Waals surface area contributed by atoms with E-state index in [-0.39, 0.29) is 11.7 Å². The van der Waals surface area contributed by atoms with Crippen LogP contribution in [0.25, 0.3) is 0 Å². The predicted molar refractivity (Wildman–Crippen MR) is 49.9 cm³/mol. The van der Waals surface area contributed by atoms with Gasteiger partial charge in [-0.05, 0) is 19.4 Å². The van der Waals surface area contributed by atoms with Crippen molar-refractivity contribution in [3.05, 3.63) is 18.0 Å². The van der Waals surface area contributed by atoms with Crippen LogP contribution in [0.3, 0.4) is 0 Å². The zero-order valence-corrected chi connectivity index (χ0v) is 7.82. The van der Waals surface area contributed by atoms with Crippen LogP contribution in [0.15, 0.2) is 16.8 Å². The van der Waals surface area contributed by atoms with Crippen molar-refractivity contribution in [2.45, 2.75) is 18.9 Å². The monoisotopic (exact) mass is 195 g/mol. The number of carbonyl (C=O) groups excluding carboxylic acids is 1. The Labute approximate surface area is 81.8 Å². The summed E-state index contributed by atoms with van der Waals surface area (Å²) in [5.41, 5.74) is 0. The van der Waals surface area contributed by atoms with Gasteiger partial charge in [0.05, 0.1) is 6.20 Å². The van der Waals surface area contributed by atoms with Crippen LogP contribution in [0, 0.1) is 0 Å². The molecule has 1 fully saturated rings. The topological polar surface area (TPSA) is 67.2 Å². The first-order chi connectivity index (χ1) is 6.86. The first-order valence-corrected chi connectivity index (χ1v) is 4.78. The summed E-state index contributed by atoms with van der Waals surface area (Å²) in [6, 6.07) is 1.96. The van der Waals surface area contributed by atoms with Gasteiger partial charge in [-0.1, -0.05) is 5.16 Å². The van der Waals surface area contributed by atoms with Crippen molar-refractivity contribution < 1.29 is 9.32 Å². The van der Waals surface area contributed by atoms with E-state index >= 15 is 0 Å². The van der Waals surface area contributed by atoms with Gasteiger partial charge in [0.1, 0.15) is 0 Å². The van der Waals surface area contributed by atoms with Gasteiger partial charge in [0, 0.05) is 18.7 Å². The second-order valence-corrected chi connectivity index (χ2v) is 3.38. The molecule has 0 aliphatic carbocycles. The van der Waals surface area contributed by atoms with E-state index in [1.807, 2.05) is 0 Å². The molecule has 0 bridgehead atoms. The molecule has 1 aromatic heterocycles. The molecule has 2 N–H and O–H groups in total. The van der Waals surface area contributed by atoms with Crippen molar-refractivity contribution in [3.63, 3.8) is 0 Å². The van der Waals surface area contributed by atoms with Crippen molar-refractivity contribution in [2.24, 2.45) is 0 Å². The third kappa shape index (κ3) is 2.11. The van der Waals surface area contributed by atoms with Gasteiger partial charge in [-0.2, -0.15) is 0 Å². The smallest absolute Gasteiger partial charge is 0.289 e. The number of hydrogen-bond acceptors (Lipinski definition) is 4. The zero-order chi connectivity index (χ0) is 9.80. The van der Waals surface area contributed by atoms with Crippen LogP contribution in [0.1, 0.15) is 23.4 Å². The lowest BCUT2D eigenvalue weighted by Crippen LogP contribution is -2.37. The van der Waals surface area contributed by atoms with Gasteiger partial charge in [0.15, 0.2) is 0 Å². The molecular weight excluding hydrogens is 182 g/mol. The highest BCUT2D eigenvalue weighted by Gasteiger charge is 2.16. The summed E-state index contributed by atoms with van der Waals surface area (Å²) in [6.45, 7) is 1.70. The number of amides is 1. The van der Waals surface area contributed by atoms with Crippen molar-refractivity contribution in [1.82, 2.24) is 15.8 Å². The van der Waals surface area contributed by atoms with Gasteiger partial charge in [-0.15, -0.1) is 0 Å². The number of aromatic nitrogens is 1. The first kappa shape index (κ1) is 9.21. The summed E-state index contributed by atoms with van der Waals surface area (Å²) in [5.74, 6) is 0.0687. The molecule has 2 heterocycles. The number of nitrogens with one attached hydrogen (secondary N) is 2. The van der Waals surface area contributed by atoms with Crippen LogP contribution in [0.5, 0.6) is 0 Å². The Balaban J connectivity index is 1.78. The highest BCUT2D eigenvalue weighted by atomic mass is 16.5. The first-order valence-electron chi connectivity index (χ1n) is 4.78. The lowest BCUT2D eigenvalue weighted by Gasteiger charge is -2.09. The highest BCUT2D eigenvalue weighted by Crippen LogP contribution is 2.03. The molecule has 1 atom stereocenters. The number of nitrogens with zero attached hydrogens (tertiary/aromatic N) is 1. The maximum Gasteiger partial charge on any atom is 0.289 e. The van der Waals surface area contributed by atoms with Gasteiger partial charge in [-0.3, -0.25) is 4.79 Å². The lowest BCUT2D eigenvalue weighted by atomic mass is 10.2. The zero-order valence-electron chi connectivity index (χ0n) is 7.82. The average molecular weight is 195 g/mol. The van der Waals surface area contributed by atoms with Crippen molar-refractivity contribution in [3.8, 4) is 0 Å². The minimum atomic E-state index is -0.198. The Kier molecular flexibility index (Phi) is 2.78. The van der Waals surface area contributed by atoms with E-state index in [4.69, 9.17) is 4.52 Å². The second-order valence-electron chi connectivity index (χ2n) is 3.38. The van der Waals surface area contributed by atoms with Crippen molar-refractivity contribution >= 4 is 5.91 Å². The molecule has 1 unspecified atom stereocenters. The molecule has 1 aliphatic rings. The third-order valence-electron chi connectivity index (χ3n) is 2.33. The summed E-state index contributed by atoms with van der Waals surface area (Å²) in [6.07, 6.45) is 3.77. The maximum atomic E-state index is 11.4. The van der Waals surface area contributed by atoms with Crippen LogP contribution in [0.4, 0.5) is 0 Å². The average Bonchev–Trinajstić information content (AvgIpc) is 2.87.